The van der Waals surface area contributed by atoms with Gasteiger partial charge in [-0.1, -0.05) is 12.7 Å². The van der Waals surface area contributed by atoms with Crippen LogP contribution < -0.4 is 4.72 Å². The van der Waals surface area contributed by atoms with Gasteiger partial charge in [0.1, 0.15) is 0 Å². The first kappa shape index (κ1) is 9.23. The van der Waals surface area contributed by atoms with Crippen LogP contribution >= 0.6 is 0 Å². The third-order valence-corrected chi connectivity index (χ3v) is 2.12. The third-order valence-electron chi connectivity index (χ3n) is 0.860. The second-order valence-corrected chi connectivity index (χ2v) is 3.66. The summed E-state index contributed by atoms with van der Waals surface area (Å²) in [6, 6.07) is 0. The van der Waals surface area contributed by atoms with Gasteiger partial charge in [0.25, 0.3) is 0 Å². The van der Waals surface area contributed by atoms with Gasteiger partial charge in [-0.05, 0) is 13.0 Å². The summed E-state index contributed by atoms with van der Waals surface area (Å²) in [7, 11) is -3.08. The quantitative estimate of drug-likeness (QED) is 0.614. The molecule has 4 heteroatoms. The van der Waals surface area contributed by atoms with E-state index in [4.69, 9.17) is 0 Å². The smallest absolute Gasteiger partial charge is 0.231 e. The summed E-state index contributed by atoms with van der Waals surface area (Å²) in [5.74, 6) is 0.0917. The van der Waals surface area contributed by atoms with Crippen molar-refractivity contribution in [2.24, 2.45) is 0 Å². The van der Waals surface area contributed by atoms with Gasteiger partial charge in [0.15, 0.2) is 0 Å². The SMILES string of the molecule is C=C/C=C/NS(=O)(=O)CC. The fraction of sp³-hybridized carbons (Fsp3) is 0.333. The Balaban J connectivity index is 3.91. The number of allylic oxidation sites excluding steroid dienone is 2. The van der Waals surface area contributed by atoms with E-state index in [0.717, 1.165) is 0 Å². The molecule has 0 heterocycles. The van der Waals surface area contributed by atoms with Gasteiger partial charge in [-0.3, -0.25) is 4.72 Å². The molecule has 10 heavy (non-hydrogen) atoms. The molecule has 0 saturated carbocycles. The molecule has 0 aliphatic carbocycles. The number of hydrogen-bond donors (Lipinski definition) is 1. The molecule has 0 radical (unpaired) electrons. The number of sulfonamides is 1. The van der Waals surface area contributed by atoms with Crippen LogP contribution in [0.4, 0.5) is 0 Å². The van der Waals surface area contributed by atoms with Crippen LogP contribution in [0.15, 0.2) is 24.9 Å². The van der Waals surface area contributed by atoms with E-state index in [1.165, 1.54) is 18.4 Å². The van der Waals surface area contributed by atoms with Crippen molar-refractivity contribution in [3.05, 3.63) is 24.9 Å². The molecule has 3 nitrogen and oxygen atoms in total. The van der Waals surface area contributed by atoms with Gasteiger partial charge < -0.3 is 0 Å². The Labute approximate surface area is 61.5 Å². The molecular formula is C6H11NO2S. The van der Waals surface area contributed by atoms with E-state index in [9.17, 15) is 8.42 Å². The summed E-state index contributed by atoms with van der Waals surface area (Å²) in [6.45, 7) is 4.96. The lowest BCUT2D eigenvalue weighted by atomic mass is 10.6. The molecule has 1 N–H and O–H groups in total. The van der Waals surface area contributed by atoms with Crippen molar-refractivity contribution in [2.75, 3.05) is 5.75 Å². The summed E-state index contributed by atoms with van der Waals surface area (Å²) in [5, 5.41) is 0. The lowest BCUT2D eigenvalue weighted by Gasteiger charge is -1.96. The molecule has 0 aromatic heterocycles. The molecule has 0 aliphatic heterocycles. The minimum atomic E-state index is -3.08. The van der Waals surface area contributed by atoms with E-state index in [-0.39, 0.29) is 5.75 Å². The fourth-order valence-electron chi connectivity index (χ4n) is 0.294. The summed E-state index contributed by atoms with van der Waals surface area (Å²) >= 11 is 0. The summed E-state index contributed by atoms with van der Waals surface area (Å²) < 4.78 is 23.6. The van der Waals surface area contributed by atoms with Crippen LogP contribution in [0.1, 0.15) is 6.92 Å². The molecule has 0 amide bonds. The van der Waals surface area contributed by atoms with Crippen molar-refractivity contribution < 1.29 is 8.42 Å². The largest absolute Gasteiger partial charge is 0.290 e. The zero-order chi connectivity index (χ0) is 8.04. The third kappa shape index (κ3) is 4.14. The molecule has 58 valence electrons. The van der Waals surface area contributed by atoms with Crippen LogP contribution in [0.2, 0.25) is 0 Å². The predicted octanol–water partition coefficient (Wildman–Crippen LogP) is 0.625. The number of rotatable bonds is 4. The van der Waals surface area contributed by atoms with E-state index in [1.807, 2.05) is 0 Å². The lowest BCUT2D eigenvalue weighted by molar-refractivity contribution is 0.592. The Kier molecular flexibility index (Phi) is 3.79. The Morgan fingerprint density at radius 3 is 2.60 bits per heavy atom. The molecular weight excluding hydrogens is 150 g/mol. The lowest BCUT2D eigenvalue weighted by Crippen LogP contribution is -2.19. The van der Waals surface area contributed by atoms with Crippen LogP contribution in [-0.4, -0.2) is 14.2 Å². The van der Waals surface area contributed by atoms with E-state index in [2.05, 4.69) is 11.3 Å². The summed E-state index contributed by atoms with van der Waals surface area (Å²) in [5.41, 5.74) is 0. The normalized spacial score (nSPS) is 11.7. The second-order valence-electron chi connectivity index (χ2n) is 1.62. The van der Waals surface area contributed by atoms with Crippen LogP contribution in [-0.2, 0) is 10.0 Å². The van der Waals surface area contributed by atoms with Crippen molar-refractivity contribution in [1.29, 1.82) is 0 Å². The van der Waals surface area contributed by atoms with Gasteiger partial charge >= 0.3 is 0 Å². The van der Waals surface area contributed by atoms with Gasteiger partial charge in [-0.2, -0.15) is 0 Å². The van der Waals surface area contributed by atoms with Gasteiger partial charge in [-0.25, -0.2) is 8.42 Å². The molecule has 0 bridgehead atoms. The Hall–Kier alpha value is -0.770. The maximum atomic E-state index is 10.7. The van der Waals surface area contributed by atoms with E-state index in [1.54, 1.807) is 6.92 Å². The van der Waals surface area contributed by atoms with Crippen molar-refractivity contribution in [3.63, 3.8) is 0 Å². The first-order chi connectivity index (χ1) is 4.62. The highest BCUT2D eigenvalue weighted by molar-refractivity contribution is 7.89. The Morgan fingerprint density at radius 1 is 1.60 bits per heavy atom. The van der Waals surface area contributed by atoms with E-state index in [0.29, 0.717) is 0 Å². The topological polar surface area (TPSA) is 46.2 Å². The van der Waals surface area contributed by atoms with Gasteiger partial charge in [0.2, 0.25) is 10.0 Å². The van der Waals surface area contributed by atoms with Crippen molar-refractivity contribution in [3.8, 4) is 0 Å². The summed E-state index contributed by atoms with van der Waals surface area (Å²) in [6.07, 6.45) is 4.36. The standard InChI is InChI=1S/C6H11NO2S/c1-3-5-6-7-10(8,9)4-2/h3,5-7H,1,4H2,2H3/b6-5+. The van der Waals surface area contributed by atoms with E-state index < -0.39 is 10.0 Å². The van der Waals surface area contributed by atoms with E-state index >= 15 is 0 Å². The molecule has 0 fully saturated rings. The fourth-order valence-corrected chi connectivity index (χ4v) is 0.747. The zero-order valence-electron chi connectivity index (χ0n) is 5.87. The maximum absolute atomic E-state index is 10.7. The first-order valence-electron chi connectivity index (χ1n) is 2.90. The van der Waals surface area contributed by atoms with Gasteiger partial charge in [0.05, 0.1) is 5.75 Å². The van der Waals surface area contributed by atoms with Crippen LogP contribution in [0.5, 0.6) is 0 Å². The van der Waals surface area contributed by atoms with Crippen molar-refractivity contribution in [2.45, 2.75) is 6.92 Å². The minimum Gasteiger partial charge on any atom is -0.290 e. The van der Waals surface area contributed by atoms with Gasteiger partial charge in [0, 0.05) is 6.20 Å². The number of nitrogens with one attached hydrogen (secondary N) is 1. The predicted molar refractivity (Wildman–Crippen MR) is 41.9 cm³/mol. The summed E-state index contributed by atoms with van der Waals surface area (Å²) in [4.78, 5) is 0. The van der Waals surface area contributed by atoms with Gasteiger partial charge in [-0.15, -0.1) is 0 Å². The second kappa shape index (κ2) is 4.11. The monoisotopic (exact) mass is 161 g/mol. The van der Waals surface area contributed by atoms with Crippen LogP contribution in [0.3, 0.4) is 0 Å². The average molecular weight is 161 g/mol. The molecule has 0 unspecified atom stereocenters. The van der Waals surface area contributed by atoms with Crippen molar-refractivity contribution >= 4 is 10.0 Å². The molecule has 0 saturated heterocycles. The van der Waals surface area contributed by atoms with Crippen LogP contribution in [0.25, 0.3) is 0 Å². The Morgan fingerprint density at radius 2 is 2.20 bits per heavy atom. The molecule has 0 rings (SSSR count). The first-order valence-corrected chi connectivity index (χ1v) is 4.55. The van der Waals surface area contributed by atoms with Crippen LogP contribution in [0, 0.1) is 0 Å². The maximum Gasteiger partial charge on any atom is 0.231 e. The minimum absolute atomic E-state index is 0.0917. The average Bonchev–Trinajstić information content (AvgIpc) is 1.89. The van der Waals surface area contributed by atoms with Crippen molar-refractivity contribution in [1.82, 2.24) is 4.72 Å². The molecule has 0 aliphatic rings. The number of hydrogen-bond acceptors (Lipinski definition) is 2. The highest BCUT2D eigenvalue weighted by Gasteiger charge is 1.99. The molecule has 0 aromatic carbocycles. The highest BCUT2D eigenvalue weighted by Crippen LogP contribution is 1.81. The molecule has 0 atom stereocenters. The zero-order valence-corrected chi connectivity index (χ0v) is 6.69. The highest BCUT2D eigenvalue weighted by atomic mass is 32.2. The molecule has 0 spiro atoms. The Bertz CT molecular complexity index is 216. The molecule has 0 aromatic rings.